The Morgan fingerprint density at radius 3 is 0.833 bits per heavy atom. The summed E-state index contributed by atoms with van der Waals surface area (Å²) in [5.41, 5.74) is 0. The van der Waals surface area contributed by atoms with Crippen LogP contribution in [0.2, 0.25) is 0 Å². The number of hydrogen-bond donors (Lipinski definition) is 0. The van der Waals surface area contributed by atoms with Crippen LogP contribution in [0.3, 0.4) is 0 Å². The highest BCUT2D eigenvalue weighted by Crippen LogP contribution is 2.15. The van der Waals surface area contributed by atoms with Crippen molar-refractivity contribution in [3.05, 3.63) is 0 Å². The molecule has 0 unspecified atom stereocenters. The van der Waals surface area contributed by atoms with Crippen LogP contribution >= 0.6 is 0 Å². The molecule has 0 N–H and O–H groups in total. The van der Waals surface area contributed by atoms with E-state index in [4.69, 9.17) is 0 Å². The molecule has 1 rings (SSSR count). The van der Waals surface area contributed by atoms with Gasteiger partial charge in [-0.15, -0.1) is 0 Å². The Bertz CT molecular complexity index is 30.5. The zero-order chi connectivity index (χ0) is 7.66. The van der Waals surface area contributed by atoms with Gasteiger partial charge in [0.05, 0.1) is 0 Å². The van der Waals surface area contributed by atoms with Crippen LogP contribution in [-0.4, -0.2) is 0 Å². The summed E-state index contributed by atoms with van der Waals surface area (Å²) in [7, 11) is 0. The molecule has 0 aromatic carbocycles. The molecule has 1 fully saturated rings. The van der Waals surface area contributed by atoms with Gasteiger partial charge in [-0.05, 0) is 0 Å². The standard InChI is InChI=1S/C6H12.C4H10.2CH4/c1-2-4-6-5-3-1;1-3-4-2;;/h1-6H2;3-4H2,1-2H3;2*1H4. The smallest absolute Gasteiger partial charge is 0.0533 e. The Morgan fingerprint density at radius 1 is 0.583 bits per heavy atom. The van der Waals surface area contributed by atoms with E-state index in [9.17, 15) is 0 Å². The highest BCUT2D eigenvalue weighted by molar-refractivity contribution is 4.51. The quantitative estimate of drug-likeness (QED) is 0.498. The van der Waals surface area contributed by atoms with Gasteiger partial charge >= 0.3 is 0 Å². The van der Waals surface area contributed by atoms with Gasteiger partial charge in [-0.3, -0.25) is 0 Å². The molecule has 0 saturated heterocycles. The van der Waals surface area contributed by atoms with Gasteiger partial charge in [0.15, 0.2) is 0 Å². The van der Waals surface area contributed by atoms with Crippen molar-refractivity contribution in [2.45, 2.75) is 80.1 Å². The van der Waals surface area contributed by atoms with E-state index >= 15 is 0 Å². The van der Waals surface area contributed by atoms with Crippen molar-refractivity contribution in [1.29, 1.82) is 0 Å². The van der Waals surface area contributed by atoms with Crippen LogP contribution in [0.1, 0.15) is 80.1 Å². The molecule has 0 aliphatic heterocycles. The first-order chi connectivity index (χ1) is 4.91. The van der Waals surface area contributed by atoms with Gasteiger partial charge in [-0.2, -0.15) is 0 Å². The maximum absolute atomic E-state index is 2.18. The molecule has 0 aromatic rings. The minimum atomic E-state index is 0. The van der Waals surface area contributed by atoms with Crippen LogP contribution < -0.4 is 0 Å². The Hall–Kier alpha value is 0. The van der Waals surface area contributed by atoms with Crippen molar-refractivity contribution in [3.63, 3.8) is 0 Å². The Balaban J connectivity index is -0.000000124. The summed E-state index contributed by atoms with van der Waals surface area (Å²) in [6.07, 6.45) is 11.6. The van der Waals surface area contributed by atoms with Crippen molar-refractivity contribution < 1.29 is 0 Å². The molecule has 1 saturated carbocycles. The third-order valence-corrected chi connectivity index (χ3v) is 2.00. The van der Waals surface area contributed by atoms with E-state index in [-0.39, 0.29) is 14.9 Å². The fourth-order valence-corrected chi connectivity index (χ4v) is 1.06. The average molecular weight is 174 g/mol. The van der Waals surface area contributed by atoms with Crippen molar-refractivity contribution >= 4 is 0 Å². The van der Waals surface area contributed by atoms with Crippen molar-refractivity contribution in [2.24, 2.45) is 0 Å². The zero-order valence-electron chi connectivity index (χ0n) is 7.66. The maximum Gasteiger partial charge on any atom is -0.0533 e. The molecular weight excluding hydrogens is 144 g/mol. The summed E-state index contributed by atoms with van der Waals surface area (Å²) in [5, 5.41) is 0. The molecule has 0 heterocycles. The van der Waals surface area contributed by atoms with E-state index < -0.39 is 0 Å². The molecular formula is C12H30. The van der Waals surface area contributed by atoms with Crippen LogP contribution in [0.25, 0.3) is 0 Å². The van der Waals surface area contributed by atoms with Gasteiger partial charge in [-0.1, -0.05) is 80.1 Å². The Morgan fingerprint density at radius 2 is 0.750 bits per heavy atom. The maximum atomic E-state index is 2.18. The summed E-state index contributed by atoms with van der Waals surface area (Å²) in [5.74, 6) is 0. The highest BCUT2D eigenvalue weighted by atomic mass is 14.0. The lowest BCUT2D eigenvalue weighted by molar-refractivity contribution is 0.504. The fourth-order valence-electron chi connectivity index (χ4n) is 1.06. The molecule has 0 radical (unpaired) electrons. The van der Waals surface area contributed by atoms with E-state index in [1.807, 2.05) is 0 Å². The topological polar surface area (TPSA) is 0 Å². The predicted octanol–water partition coefficient (Wildman–Crippen LogP) is 5.42. The third kappa shape index (κ3) is 16.5. The van der Waals surface area contributed by atoms with E-state index in [0.717, 1.165) is 0 Å². The van der Waals surface area contributed by atoms with Crippen molar-refractivity contribution in [3.8, 4) is 0 Å². The molecule has 0 bridgehead atoms. The lowest BCUT2D eigenvalue weighted by Gasteiger charge is -2.05. The molecule has 0 aromatic heterocycles. The first-order valence-corrected chi connectivity index (χ1v) is 4.91. The van der Waals surface area contributed by atoms with E-state index in [2.05, 4.69) is 13.8 Å². The van der Waals surface area contributed by atoms with Crippen molar-refractivity contribution in [1.82, 2.24) is 0 Å². The minimum Gasteiger partial charge on any atom is -0.0776 e. The normalized spacial score (nSPS) is 14.5. The van der Waals surface area contributed by atoms with E-state index in [1.165, 1.54) is 51.4 Å². The van der Waals surface area contributed by atoms with Gasteiger partial charge in [0.1, 0.15) is 0 Å². The first kappa shape index (κ1) is 17.9. The van der Waals surface area contributed by atoms with E-state index in [0.29, 0.717) is 0 Å². The molecule has 0 heteroatoms. The molecule has 0 spiro atoms. The molecule has 0 atom stereocenters. The van der Waals surface area contributed by atoms with Crippen LogP contribution in [-0.2, 0) is 0 Å². The van der Waals surface area contributed by atoms with Gasteiger partial charge in [0, 0.05) is 0 Å². The number of rotatable bonds is 1. The molecule has 0 amide bonds. The van der Waals surface area contributed by atoms with Crippen molar-refractivity contribution in [2.75, 3.05) is 0 Å². The van der Waals surface area contributed by atoms with Crippen LogP contribution in [0.5, 0.6) is 0 Å². The van der Waals surface area contributed by atoms with Gasteiger partial charge in [0.2, 0.25) is 0 Å². The highest BCUT2D eigenvalue weighted by Gasteiger charge is 1.95. The van der Waals surface area contributed by atoms with Crippen LogP contribution in [0.4, 0.5) is 0 Å². The summed E-state index contributed by atoms with van der Waals surface area (Å²) < 4.78 is 0. The molecule has 12 heavy (non-hydrogen) atoms. The molecule has 1 aliphatic carbocycles. The lowest BCUT2D eigenvalue weighted by atomic mass is 10.0. The first-order valence-electron chi connectivity index (χ1n) is 4.91. The molecule has 1 aliphatic rings. The second-order valence-corrected chi connectivity index (χ2v) is 3.12. The van der Waals surface area contributed by atoms with Gasteiger partial charge < -0.3 is 0 Å². The van der Waals surface area contributed by atoms with E-state index in [1.54, 1.807) is 0 Å². The summed E-state index contributed by atoms with van der Waals surface area (Å²) in [6, 6.07) is 0. The Labute approximate surface area is 80.8 Å². The minimum absolute atomic E-state index is 0. The average Bonchev–Trinajstić information content (AvgIpc) is 2.08. The monoisotopic (exact) mass is 174 g/mol. The second-order valence-electron chi connectivity index (χ2n) is 3.12. The zero-order valence-corrected chi connectivity index (χ0v) is 7.66. The lowest BCUT2D eigenvalue weighted by Crippen LogP contribution is -1.85. The molecule has 0 nitrogen and oxygen atoms in total. The SMILES string of the molecule is C.C.C1CCCCC1.CCCC. The van der Waals surface area contributed by atoms with Gasteiger partial charge in [0.25, 0.3) is 0 Å². The van der Waals surface area contributed by atoms with Crippen LogP contribution in [0, 0.1) is 0 Å². The van der Waals surface area contributed by atoms with Crippen LogP contribution in [0.15, 0.2) is 0 Å². The number of hydrogen-bond acceptors (Lipinski definition) is 0. The third-order valence-electron chi connectivity index (χ3n) is 2.00. The summed E-state index contributed by atoms with van der Waals surface area (Å²) in [4.78, 5) is 0. The van der Waals surface area contributed by atoms with Gasteiger partial charge in [-0.25, -0.2) is 0 Å². The summed E-state index contributed by atoms with van der Waals surface area (Å²) in [6.45, 7) is 4.36. The summed E-state index contributed by atoms with van der Waals surface area (Å²) >= 11 is 0. The predicted molar refractivity (Wildman–Crippen MR) is 61.7 cm³/mol. The Kier molecular flexibility index (Phi) is 25.7. The largest absolute Gasteiger partial charge is 0.0776 e. The second kappa shape index (κ2) is 17.2. The number of unbranched alkanes of at least 4 members (excludes halogenated alkanes) is 1. The fraction of sp³-hybridized carbons (Fsp3) is 1.00. The molecule has 78 valence electrons.